The van der Waals surface area contributed by atoms with Gasteiger partial charge >= 0.3 is 0 Å². The van der Waals surface area contributed by atoms with E-state index in [1.807, 2.05) is 19.9 Å². The summed E-state index contributed by atoms with van der Waals surface area (Å²) in [7, 11) is 0. The first-order valence-corrected chi connectivity index (χ1v) is 8.56. The molecule has 0 saturated heterocycles. The molecule has 2 rings (SSSR count). The van der Waals surface area contributed by atoms with Gasteiger partial charge in [0.05, 0.1) is 0 Å². The fraction of sp³-hybridized carbons (Fsp3) is 0.222. The third kappa shape index (κ3) is 4.82. The molecular weight excluding hydrogens is 392 g/mol. The molecule has 126 valence electrons. The Morgan fingerprint density at radius 2 is 1.79 bits per heavy atom. The van der Waals surface area contributed by atoms with Crippen molar-refractivity contribution in [3.05, 3.63) is 68.1 Å². The highest BCUT2D eigenvalue weighted by atomic mass is 79.9. The summed E-state index contributed by atoms with van der Waals surface area (Å²) in [5.74, 6) is -0.927. The summed E-state index contributed by atoms with van der Waals surface area (Å²) in [6, 6.07) is 9.97. The normalized spacial score (nSPS) is 11.8. The third-order valence-electron chi connectivity index (χ3n) is 3.56. The van der Waals surface area contributed by atoms with Crippen molar-refractivity contribution in [2.75, 3.05) is 0 Å². The number of amides is 2. The van der Waals surface area contributed by atoms with Crippen LogP contribution in [0.15, 0.2) is 40.9 Å². The zero-order chi connectivity index (χ0) is 17.9. The van der Waals surface area contributed by atoms with Gasteiger partial charge in [-0.25, -0.2) is 0 Å². The van der Waals surface area contributed by atoms with Gasteiger partial charge in [0.25, 0.3) is 5.91 Å². The lowest BCUT2D eigenvalue weighted by atomic mass is 10.0. The maximum atomic E-state index is 12.4. The number of hydrogen-bond acceptors (Lipinski definition) is 2. The van der Waals surface area contributed by atoms with E-state index in [1.54, 1.807) is 30.3 Å². The second-order valence-corrected chi connectivity index (χ2v) is 7.04. The Bertz CT molecular complexity index is 772. The topological polar surface area (TPSA) is 72.2 Å². The Morgan fingerprint density at radius 3 is 2.38 bits per heavy atom. The van der Waals surface area contributed by atoms with Crippen LogP contribution in [0.2, 0.25) is 5.02 Å². The highest BCUT2D eigenvalue weighted by Gasteiger charge is 2.21. The van der Waals surface area contributed by atoms with Gasteiger partial charge in [-0.1, -0.05) is 44.7 Å². The van der Waals surface area contributed by atoms with E-state index < -0.39 is 11.9 Å². The standard InChI is InChI=1S/C18H18BrClN2O2/c1-10-5-11(2)7-13(6-10)18(24)22-16(17(21)23)9-12-8-14(20)3-4-15(12)19/h3-8,16H,9H2,1-2H3,(H2,21,23)(H,22,24)/t16-/m0/s1. The van der Waals surface area contributed by atoms with Gasteiger partial charge in [0.15, 0.2) is 0 Å². The first-order chi connectivity index (χ1) is 11.3. The van der Waals surface area contributed by atoms with Crippen LogP contribution in [0.25, 0.3) is 0 Å². The molecule has 0 bridgehead atoms. The van der Waals surface area contributed by atoms with Gasteiger partial charge in [0, 0.05) is 21.5 Å². The molecule has 1 atom stereocenters. The zero-order valence-corrected chi connectivity index (χ0v) is 15.7. The van der Waals surface area contributed by atoms with Crippen molar-refractivity contribution in [1.82, 2.24) is 5.32 Å². The van der Waals surface area contributed by atoms with E-state index in [1.165, 1.54) is 0 Å². The molecule has 6 heteroatoms. The number of primary amides is 1. The number of benzene rings is 2. The summed E-state index contributed by atoms with van der Waals surface area (Å²) in [5, 5.41) is 3.26. The van der Waals surface area contributed by atoms with Crippen LogP contribution in [0.1, 0.15) is 27.0 Å². The lowest BCUT2D eigenvalue weighted by Gasteiger charge is -2.17. The van der Waals surface area contributed by atoms with Gasteiger partial charge < -0.3 is 11.1 Å². The van der Waals surface area contributed by atoms with Crippen LogP contribution in [0, 0.1) is 13.8 Å². The van der Waals surface area contributed by atoms with Crippen LogP contribution in [-0.2, 0) is 11.2 Å². The van der Waals surface area contributed by atoms with Crippen LogP contribution in [0.3, 0.4) is 0 Å². The lowest BCUT2D eigenvalue weighted by Crippen LogP contribution is -2.46. The zero-order valence-electron chi connectivity index (χ0n) is 13.4. The lowest BCUT2D eigenvalue weighted by molar-refractivity contribution is -0.119. The Kier molecular flexibility index (Phi) is 6.02. The van der Waals surface area contributed by atoms with Crippen molar-refractivity contribution in [1.29, 1.82) is 0 Å². The minimum absolute atomic E-state index is 0.257. The Hall–Kier alpha value is -1.85. The van der Waals surface area contributed by atoms with Crippen LogP contribution in [-0.4, -0.2) is 17.9 Å². The average Bonchev–Trinajstić information content (AvgIpc) is 2.48. The fourth-order valence-electron chi connectivity index (χ4n) is 2.49. The SMILES string of the molecule is Cc1cc(C)cc(C(=O)N[C@@H](Cc2cc(Cl)ccc2Br)C(N)=O)c1. The Labute approximate surface area is 154 Å². The van der Waals surface area contributed by atoms with E-state index in [4.69, 9.17) is 17.3 Å². The second kappa shape index (κ2) is 7.81. The molecule has 24 heavy (non-hydrogen) atoms. The summed E-state index contributed by atoms with van der Waals surface area (Å²) >= 11 is 9.41. The maximum Gasteiger partial charge on any atom is 0.251 e. The van der Waals surface area contributed by atoms with E-state index in [-0.39, 0.29) is 12.3 Å². The molecule has 0 aliphatic rings. The van der Waals surface area contributed by atoms with Crippen molar-refractivity contribution in [3.8, 4) is 0 Å². The average molecular weight is 410 g/mol. The largest absolute Gasteiger partial charge is 0.368 e. The molecule has 0 spiro atoms. The molecule has 2 amide bonds. The third-order valence-corrected chi connectivity index (χ3v) is 4.57. The monoisotopic (exact) mass is 408 g/mol. The van der Waals surface area contributed by atoms with Crippen molar-refractivity contribution in [2.24, 2.45) is 5.73 Å². The summed E-state index contributed by atoms with van der Waals surface area (Å²) in [6.07, 6.45) is 0.257. The molecule has 0 unspecified atom stereocenters. The van der Waals surface area contributed by atoms with E-state index in [2.05, 4.69) is 21.2 Å². The van der Waals surface area contributed by atoms with E-state index in [0.717, 1.165) is 21.2 Å². The van der Waals surface area contributed by atoms with Crippen LogP contribution < -0.4 is 11.1 Å². The van der Waals surface area contributed by atoms with Crippen LogP contribution in [0.4, 0.5) is 0 Å². The van der Waals surface area contributed by atoms with Gasteiger partial charge in [-0.05, 0) is 49.7 Å². The van der Waals surface area contributed by atoms with Gasteiger partial charge in [0.1, 0.15) is 6.04 Å². The minimum Gasteiger partial charge on any atom is -0.368 e. The first kappa shape index (κ1) is 18.5. The molecule has 2 aromatic carbocycles. The van der Waals surface area contributed by atoms with E-state index in [9.17, 15) is 9.59 Å². The number of rotatable bonds is 5. The van der Waals surface area contributed by atoms with Gasteiger partial charge in [0.2, 0.25) is 5.91 Å². The highest BCUT2D eigenvalue weighted by Crippen LogP contribution is 2.22. The molecule has 4 nitrogen and oxygen atoms in total. The Balaban J connectivity index is 2.20. The predicted molar refractivity (Wildman–Crippen MR) is 99.2 cm³/mol. The quantitative estimate of drug-likeness (QED) is 0.793. The molecular formula is C18H18BrClN2O2. The van der Waals surface area contributed by atoms with Crippen molar-refractivity contribution in [3.63, 3.8) is 0 Å². The molecule has 0 heterocycles. The first-order valence-electron chi connectivity index (χ1n) is 7.38. The predicted octanol–water partition coefficient (Wildman–Crippen LogP) is 3.55. The summed E-state index contributed by atoms with van der Waals surface area (Å²) in [6.45, 7) is 3.83. The number of nitrogens with two attached hydrogens (primary N) is 1. The number of carbonyl (C=O) groups is 2. The molecule has 0 aliphatic carbocycles. The Morgan fingerprint density at radius 1 is 1.17 bits per heavy atom. The smallest absolute Gasteiger partial charge is 0.251 e. The van der Waals surface area contributed by atoms with Crippen molar-refractivity contribution in [2.45, 2.75) is 26.3 Å². The van der Waals surface area contributed by atoms with E-state index >= 15 is 0 Å². The number of aryl methyl sites for hydroxylation is 2. The fourth-order valence-corrected chi connectivity index (χ4v) is 3.09. The minimum atomic E-state index is -0.826. The molecule has 0 saturated carbocycles. The van der Waals surface area contributed by atoms with Gasteiger partial charge in [-0.3, -0.25) is 9.59 Å². The number of carbonyl (C=O) groups excluding carboxylic acids is 2. The number of nitrogens with one attached hydrogen (secondary N) is 1. The summed E-state index contributed by atoms with van der Waals surface area (Å²) in [5.41, 5.74) is 8.72. The van der Waals surface area contributed by atoms with Gasteiger partial charge in [-0.2, -0.15) is 0 Å². The van der Waals surface area contributed by atoms with Crippen molar-refractivity contribution < 1.29 is 9.59 Å². The molecule has 0 radical (unpaired) electrons. The van der Waals surface area contributed by atoms with E-state index in [0.29, 0.717) is 10.6 Å². The summed E-state index contributed by atoms with van der Waals surface area (Å²) < 4.78 is 0.804. The maximum absolute atomic E-state index is 12.4. The highest BCUT2D eigenvalue weighted by molar-refractivity contribution is 9.10. The summed E-state index contributed by atoms with van der Waals surface area (Å²) in [4.78, 5) is 24.2. The molecule has 3 N–H and O–H groups in total. The second-order valence-electron chi connectivity index (χ2n) is 5.74. The van der Waals surface area contributed by atoms with Crippen LogP contribution in [0.5, 0.6) is 0 Å². The molecule has 0 fully saturated rings. The number of halogens is 2. The molecule has 0 aromatic heterocycles. The van der Waals surface area contributed by atoms with Crippen molar-refractivity contribution >= 4 is 39.3 Å². The van der Waals surface area contributed by atoms with Gasteiger partial charge in [-0.15, -0.1) is 0 Å². The molecule has 0 aliphatic heterocycles. The van der Waals surface area contributed by atoms with Crippen LogP contribution >= 0.6 is 27.5 Å². The molecule has 2 aromatic rings. The number of hydrogen-bond donors (Lipinski definition) is 2.